The van der Waals surface area contributed by atoms with Crippen molar-refractivity contribution in [2.45, 2.75) is 25.3 Å². The Morgan fingerprint density at radius 1 is 1.37 bits per heavy atom. The van der Waals surface area contributed by atoms with E-state index in [1.165, 1.54) is 0 Å². The quantitative estimate of drug-likeness (QED) is 0.821. The molecule has 1 fully saturated rings. The fourth-order valence-electron chi connectivity index (χ4n) is 2.28. The Bertz CT molecular complexity index is 458. The van der Waals surface area contributed by atoms with Crippen LogP contribution in [0.25, 0.3) is 0 Å². The lowest BCUT2D eigenvalue weighted by Crippen LogP contribution is -2.41. The van der Waals surface area contributed by atoms with Crippen molar-refractivity contribution in [1.29, 1.82) is 0 Å². The van der Waals surface area contributed by atoms with E-state index in [-0.39, 0.29) is 6.04 Å². The molecule has 1 atom stereocenters. The molecule has 104 valence electrons. The summed E-state index contributed by atoms with van der Waals surface area (Å²) >= 11 is 0. The molecule has 2 rings (SSSR count). The van der Waals surface area contributed by atoms with E-state index in [1.54, 1.807) is 14.2 Å². The number of ether oxygens (including phenoxy) is 2. The first kappa shape index (κ1) is 13.5. The number of carbonyl (C=O) groups excluding carboxylic acids is 1. The van der Waals surface area contributed by atoms with Crippen molar-refractivity contribution in [2.75, 3.05) is 14.2 Å². The molecular weight excluding hydrogens is 244 g/mol. The predicted molar refractivity (Wildman–Crippen MR) is 72.5 cm³/mol. The Kier molecular flexibility index (Phi) is 4.14. The molecule has 1 aromatic carbocycles. The van der Waals surface area contributed by atoms with E-state index in [4.69, 9.17) is 15.2 Å². The van der Waals surface area contributed by atoms with Gasteiger partial charge in [0.25, 0.3) is 0 Å². The van der Waals surface area contributed by atoms with Gasteiger partial charge in [-0.1, -0.05) is 6.07 Å². The van der Waals surface area contributed by atoms with E-state index in [0.717, 1.165) is 24.8 Å². The summed E-state index contributed by atoms with van der Waals surface area (Å²) in [5.74, 6) is 1.95. The summed E-state index contributed by atoms with van der Waals surface area (Å²) in [4.78, 5) is 11.0. The number of hydrogen-bond donors (Lipinski definition) is 2. The maximum Gasteiger partial charge on any atom is 0.312 e. The van der Waals surface area contributed by atoms with Gasteiger partial charge in [0.15, 0.2) is 11.5 Å². The fourth-order valence-corrected chi connectivity index (χ4v) is 2.28. The van der Waals surface area contributed by atoms with Crippen molar-refractivity contribution in [3.8, 4) is 11.5 Å². The predicted octanol–water partition coefficient (Wildman–Crippen LogP) is 1.69. The van der Waals surface area contributed by atoms with Crippen LogP contribution in [0.4, 0.5) is 4.79 Å². The molecule has 5 nitrogen and oxygen atoms in total. The largest absolute Gasteiger partial charge is 0.493 e. The minimum Gasteiger partial charge on any atom is -0.493 e. The third-order valence-corrected chi connectivity index (χ3v) is 3.42. The second-order valence-electron chi connectivity index (χ2n) is 4.85. The molecule has 1 aliphatic carbocycles. The van der Waals surface area contributed by atoms with E-state index >= 15 is 0 Å². The molecular formula is C14H20N2O3. The molecule has 0 spiro atoms. The summed E-state index contributed by atoms with van der Waals surface area (Å²) in [5.41, 5.74) is 6.32. The van der Waals surface area contributed by atoms with Crippen molar-refractivity contribution >= 4 is 6.03 Å². The molecule has 0 radical (unpaired) electrons. The van der Waals surface area contributed by atoms with Crippen molar-refractivity contribution in [2.24, 2.45) is 11.7 Å². The number of primary amides is 1. The van der Waals surface area contributed by atoms with E-state index in [9.17, 15) is 4.79 Å². The first-order valence-corrected chi connectivity index (χ1v) is 6.41. The highest BCUT2D eigenvalue weighted by molar-refractivity contribution is 5.72. The summed E-state index contributed by atoms with van der Waals surface area (Å²) in [6.45, 7) is 0. The number of methoxy groups -OCH3 is 2. The maximum absolute atomic E-state index is 11.0. The third kappa shape index (κ3) is 3.53. The molecule has 0 aliphatic heterocycles. The van der Waals surface area contributed by atoms with Crippen LogP contribution in [0.5, 0.6) is 11.5 Å². The van der Waals surface area contributed by atoms with Crippen molar-refractivity contribution in [1.82, 2.24) is 5.32 Å². The maximum atomic E-state index is 11.0. The average molecular weight is 264 g/mol. The van der Waals surface area contributed by atoms with Crippen LogP contribution in [-0.4, -0.2) is 26.3 Å². The summed E-state index contributed by atoms with van der Waals surface area (Å²) in [6, 6.07) is 5.45. The smallest absolute Gasteiger partial charge is 0.312 e. The Balaban J connectivity index is 2.10. The molecule has 5 heteroatoms. The first-order chi connectivity index (χ1) is 9.13. The molecule has 3 N–H and O–H groups in total. The van der Waals surface area contributed by atoms with Gasteiger partial charge in [-0.15, -0.1) is 0 Å². The number of amides is 2. The summed E-state index contributed by atoms with van der Waals surface area (Å²) < 4.78 is 10.5. The number of urea groups is 1. The second kappa shape index (κ2) is 5.82. The van der Waals surface area contributed by atoms with Crippen molar-refractivity contribution in [3.63, 3.8) is 0 Å². The summed E-state index contributed by atoms with van der Waals surface area (Å²) in [5, 5.41) is 2.82. The lowest BCUT2D eigenvalue weighted by atomic mass is 10.0. The van der Waals surface area contributed by atoms with Gasteiger partial charge >= 0.3 is 6.03 Å². The SMILES string of the molecule is COc1ccc(CC(NC(N)=O)C2CC2)cc1OC. The molecule has 0 heterocycles. The highest BCUT2D eigenvalue weighted by atomic mass is 16.5. The molecule has 1 saturated carbocycles. The number of benzene rings is 1. The van der Waals surface area contributed by atoms with Crippen LogP contribution in [0.2, 0.25) is 0 Å². The number of nitrogens with one attached hydrogen (secondary N) is 1. The van der Waals surface area contributed by atoms with E-state index in [0.29, 0.717) is 17.4 Å². The van der Waals surface area contributed by atoms with Gasteiger partial charge in [0.2, 0.25) is 0 Å². The third-order valence-electron chi connectivity index (χ3n) is 3.42. The number of rotatable bonds is 6. The highest BCUT2D eigenvalue weighted by Gasteiger charge is 2.32. The number of nitrogens with two attached hydrogens (primary N) is 1. The fraction of sp³-hybridized carbons (Fsp3) is 0.500. The van der Waals surface area contributed by atoms with Crippen molar-refractivity contribution < 1.29 is 14.3 Å². The van der Waals surface area contributed by atoms with E-state index in [1.807, 2.05) is 18.2 Å². The molecule has 2 amide bonds. The molecule has 0 bridgehead atoms. The topological polar surface area (TPSA) is 73.6 Å². The zero-order valence-corrected chi connectivity index (χ0v) is 11.3. The minimum absolute atomic E-state index is 0.107. The Hall–Kier alpha value is -1.91. The van der Waals surface area contributed by atoms with E-state index < -0.39 is 6.03 Å². The Labute approximate surface area is 113 Å². The lowest BCUT2D eigenvalue weighted by Gasteiger charge is -2.18. The summed E-state index contributed by atoms with van der Waals surface area (Å²) in [6.07, 6.45) is 3.06. The Morgan fingerprint density at radius 3 is 2.58 bits per heavy atom. The van der Waals surface area contributed by atoms with Gasteiger partial charge in [0.05, 0.1) is 14.2 Å². The number of hydrogen-bond acceptors (Lipinski definition) is 3. The average Bonchev–Trinajstić information content (AvgIpc) is 3.21. The van der Waals surface area contributed by atoms with Crippen LogP contribution < -0.4 is 20.5 Å². The van der Waals surface area contributed by atoms with Gasteiger partial charge in [0.1, 0.15) is 0 Å². The van der Waals surface area contributed by atoms with Gasteiger partial charge in [-0.3, -0.25) is 0 Å². The first-order valence-electron chi connectivity index (χ1n) is 6.41. The van der Waals surface area contributed by atoms with Gasteiger partial charge in [-0.05, 0) is 42.9 Å². The monoisotopic (exact) mass is 264 g/mol. The highest BCUT2D eigenvalue weighted by Crippen LogP contribution is 2.35. The van der Waals surface area contributed by atoms with Crippen LogP contribution in [0, 0.1) is 5.92 Å². The molecule has 0 aromatic heterocycles. The standard InChI is InChI=1S/C14H20N2O3/c1-18-12-6-3-9(8-13(12)19-2)7-11(10-4-5-10)16-14(15)17/h3,6,8,10-11H,4-5,7H2,1-2H3,(H3,15,16,17). The Morgan fingerprint density at radius 2 is 2.05 bits per heavy atom. The zero-order chi connectivity index (χ0) is 13.8. The molecule has 1 aliphatic rings. The van der Waals surface area contributed by atoms with Crippen molar-refractivity contribution in [3.05, 3.63) is 23.8 Å². The van der Waals surface area contributed by atoms with Gasteiger partial charge in [-0.2, -0.15) is 0 Å². The normalized spacial score (nSPS) is 15.7. The van der Waals surface area contributed by atoms with Gasteiger partial charge < -0.3 is 20.5 Å². The summed E-state index contributed by atoms with van der Waals surface area (Å²) in [7, 11) is 3.22. The molecule has 1 unspecified atom stereocenters. The van der Waals surface area contributed by atoms with Crippen LogP contribution >= 0.6 is 0 Å². The van der Waals surface area contributed by atoms with Gasteiger partial charge in [-0.25, -0.2) is 4.79 Å². The van der Waals surface area contributed by atoms with Crippen LogP contribution in [0.3, 0.4) is 0 Å². The number of carbonyl (C=O) groups is 1. The van der Waals surface area contributed by atoms with E-state index in [2.05, 4.69) is 5.32 Å². The van der Waals surface area contributed by atoms with Crippen LogP contribution in [-0.2, 0) is 6.42 Å². The minimum atomic E-state index is -0.461. The van der Waals surface area contributed by atoms with Gasteiger partial charge in [0, 0.05) is 6.04 Å². The zero-order valence-electron chi connectivity index (χ0n) is 11.3. The van der Waals surface area contributed by atoms with Crippen LogP contribution in [0.1, 0.15) is 18.4 Å². The van der Waals surface area contributed by atoms with Crippen LogP contribution in [0.15, 0.2) is 18.2 Å². The molecule has 0 saturated heterocycles. The molecule has 1 aromatic rings. The molecule has 19 heavy (non-hydrogen) atoms. The second-order valence-corrected chi connectivity index (χ2v) is 4.85. The lowest BCUT2D eigenvalue weighted by molar-refractivity contribution is 0.243.